The quantitative estimate of drug-likeness (QED) is 0.462. The number of Topliss-reactive ketones (excluding diaryl/α,β-unsaturated/α-hetero) is 1. The van der Waals surface area contributed by atoms with E-state index in [1.165, 1.54) is 6.92 Å². The normalized spacial score (nSPS) is 9.20. The monoisotopic (exact) mass is 202 g/mol. The molecule has 0 spiro atoms. The van der Waals surface area contributed by atoms with Crippen molar-refractivity contribution in [2.45, 2.75) is 19.8 Å². The SMILES string of the molecule is CC(=O)c1ccccc1C#CCCCO. The molecule has 0 aliphatic heterocycles. The molecule has 0 aliphatic rings. The summed E-state index contributed by atoms with van der Waals surface area (Å²) in [5.74, 6) is 5.91. The molecule has 2 nitrogen and oxygen atoms in total. The number of rotatable bonds is 3. The number of benzene rings is 1. The third-order valence-corrected chi connectivity index (χ3v) is 1.99. The van der Waals surface area contributed by atoms with Crippen LogP contribution >= 0.6 is 0 Å². The predicted octanol–water partition coefficient (Wildman–Crippen LogP) is 2.01. The standard InChI is InChI=1S/C13H14O2/c1-11(15)13-9-5-4-8-12(13)7-3-2-6-10-14/h4-5,8-9,14H,2,6,10H2,1H3. The highest BCUT2D eigenvalue weighted by Gasteiger charge is 2.02. The van der Waals surface area contributed by atoms with Crippen LogP contribution in [0.25, 0.3) is 0 Å². The zero-order valence-corrected chi connectivity index (χ0v) is 8.79. The fourth-order valence-corrected chi connectivity index (χ4v) is 1.22. The second-order valence-electron chi connectivity index (χ2n) is 3.23. The van der Waals surface area contributed by atoms with Crippen LogP contribution in [0.5, 0.6) is 0 Å². The number of aliphatic hydroxyl groups is 1. The number of carbonyl (C=O) groups excluding carboxylic acids is 1. The summed E-state index contributed by atoms with van der Waals surface area (Å²) in [7, 11) is 0. The average Bonchev–Trinajstić information content (AvgIpc) is 2.25. The number of unbranched alkanes of at least 4 members (excludes halogenated alkanes) is 1. The molecule has 0 atom stereocenters. The van der Waals surface area contributed by atoms with Crippen molar-refractivity contribution < 1.29 is 9.90 Å². The molecule has 0 saturated heterocycles. The Morgan fingerprint density at radius 1 is 1.40 bits per heavy atom. The van der Waals surface area contributed by atoms with Gasteiger partial charge >= 0.3 is 0 Å². The molecule has 0 aliphatic carbocycles. The number of hydrogen-bond donors (Lipinski definition) is 1. The van der Waals surface area contributed by atoms with E-state index >= 15 is 0 Å². The molecule has 1 aromatic rings. The maximum atomic E-state index is 11.2. The molecule has 1 rings (SSSR count). The van der Waals surface area contributed by atoms with Gasteiger partial charge < -0.3 is 5.11 Å². The van der Waals surface area contributed by atoms with E-state index < -0.39 is 0 Å². The van der Waals surface area contributed by atoms with Gasteiger partial charge in [-0.05, 0) is 19.4 Å². The molecule has 0 saturated carbocycles. The fourth-order valence-electron chi connectivity index (χ4n) is 1.22. The zero-order valence-electron chi connectivity index (χ0n) is 8.79. The largest absolute Gasteiger partial charge is 0.396 e. The molecule has 0 fully saturated rings. The lowest BCUT2D eigenvalue weighted by Gasteiger charge is -1.98. The van der Waals surface area contributed by atoms with E-state index in [0.717, 1.165) is 5.56 Å². The topological polar surface area (TPSA) is 37.3 Å². The van der Waals surface area contributed by atoms with E-state index in [9.17, 15) is 4.79 Å². The van der Waals surface area contributed by atoms with Crippen LogP contribution in [0.3, 0.4) is 0 Å². The molecule has 0 radical (unpaired) electrons. The van der Waals surface area contributed by atoms with E-state index in [2.05, 4.69) is 11.8 Å². The van der Waals surface area contributed by atoms with Gasteiger partial charge in [0.15, 0.2) is 5.78 Å². The van der Waals surface area contributed by atoms with Crippen molar-refractivity contribution in [3.63, 3.8) is 0 Å². The molecule has 0 heterocycles. The van der Waals surface area contributed by atoms with Crippen LogP contribution in [-0.4, -0.2) is 17.5 Å². The minimum Gasteiger partial charge on any atom is -0.396 e. The van der Waals surface area contributed by atoms with Crippen molar-refractivity contribution in [2.24, 2.45) is 0 Å². The van der Waals surface area contributed by atoms with Crippen molar-refractivity contribution in [1.29, 1.82) is 0 Å². The molecular weight excluding hydrogens is 188 g/mol. The number of ketones is 1. The van der Waals surface area contributed by atoms with Crippen LogP contribution < -0.4 is 0 Å². The molecule has 78 valence electrons. The first kappa shape index (κ1) is 11.5. The summed E-state index contributed by atoms with van der Waals surface area (Å²) in [4.78, 5) is 11.2. The lowest BCUT2D eigenvalue weighted by Crippen LogP contribution is -1.95. The zero-order chi connectivity index (χ0) is 11.1. The number of aliphatic hydroxyl groups excluding tert-OH is 1. The highest BCUT2D eigenvalue weighted by Crippen LogP contribution is 2.07. The molecule has 0 amide bonds. The molecule has 0 aromatic heterocycles. The summed E-state index contributed by atoms with van der Waals surface area (Å²) in [5, 5.41) is 8.58. The van der Waals surface area contributed by atoms with E-state index in [1.54, 1.807) is 6.07 Å². The van der Waals surface area contributed by atoms with Crippen LogP contribution in [0, 0.1) is 11.8 Å². The molecule has 15 heavy (non-hydrogen) atoms. The molecule has 1 aromatic carbocycles. The van der Waals surface area contributed by atoms with Gasteiger partial charge in [-0.2, -0.15) is 0 Å². The number of hydrogen-bond acceptors (Lipinski definition) is 2. The first-order valence-electron chi connectivity index (χ1n) is 4.95. The number of carbonyl (C=O) groups is 1. The van der Waals surface area contributed by atoms with Crippen LogP contribution in [-0.2, 0) is 0 Å². The minimum absolute atomic E-state index is 0.0297. The maximum Gasteiger partial charge on any atom is 0.161 e. The highest BCUT2D eigenvalue weighted by atomic mass is 16.2. The Kier molecular flexibility index (Phi) is 4.59. The minimum atomic E-state index is 0.0297. The van der Waals surface area contributed by atoms with Crippen molar-refractivity contribution >= 4 is 5.78 Å². The Balaban J connectivity index is 2.83. The highest BCUT2D eigenvalue weighted by molar-refractivity contribution is 5.96. The predicted molar refractivity (Wildman–Crippen MR) is 59.6 cm³/mol. The second-order valence-corrected chi connectivity index (χ2v) is 3.23. The van der Waals surface area contributed by atoms with Gasteiger partial charge in [0.25, 0.3) is 0 Å². The van der Waals surface area contributed by atoms with Crippen LogP contribution in [0.2, 0.25) is 0 Å². The molecule has 0 unspecified atom stereocenters. The van der Waals surface area contributed by atoms with E-state index in [4.69, 9.17) is 5.11 Å². The Morgan fingerprint density at radius 2 is 2.13 bits per heavy atom. The Labute approximate surface area is 89.9 Å². The van der Waals surface area contributed by atoms with Crippen LogP contribution in [0.1, 0.15) is 35.7 Å². The van der Waals surface area contributed by atoms with E-state index in [0.29, 0.717) is 18.4 Å². The van der Waals surface area contributed by atoms with Crippen LogP contribution in [0.15, 0.2) is 24.3 Å². The summed E-state index contributed by atoms with van der Waals surface area (Å²) in [6.45, 7) is 1.69. The van der Waals surface area contributed by atoms with Crippen molar-refractivity contribution in [2.75, 3.05) is 6.61 Å². The van der Waals surface area contributed by atoms with Gasteiger partial charge in [-0.1, -0.05) is 30.0 Å². The van der Waals surface area contributed by atoms with Gasteiger partial charge in [0.1, 0.15) is 0 Å². The van der Waals surface area contributed by atoms with Gasteiger partial charge in [-0.3, -0.25) is 4.79 Å². The summed E-state index contributed by atoms with van der Waals surface area (Å²) in [6.07, 6.45) is 1.33. The van der Waals surface area contributed by atoms with Gasteiger partial charge in [0, 0.05) is 24.2 Å². The van der Waals surface area contributed by atoms with E-state index in [-0.39, 0.29) is 12.4 Å². The van der Waals surface area contributed by atoms with Gasteiger partial charge in [-0.15, -0.1) is 0 Å². The summed E-state index contributed by atoms with van der Waals surface area (Å²) < 4.78 is 0. The third kappa shape index (κ3) is 3.57. The van der Waals surface area contributed by atoms with Crippen LogP contribution in [0.4, 0.5) is 0 Å². The first-order valence-corrected chi connectivity index (χ1v) is 4.95. The van der Waals surface area contributed by atoms with Gasteiger partial charge in [0.2, 0.25) is 0 Å². The fraction of sp³-hybridized carbons (Fsp3) is 0.308. The van der Waals surface area contributed by atoms with Gasteiger partial charge in [0.05, 0.1) is 0 Å². The first-order chi connectivity index (χ1) is 7.25. The smallest absolute Gasteiger partial charge is 0.161 e. The molecule has 0 bridgehead atoms. The summed E-state index contributed by atoms with van der Waals surface area (Å²) >= 11 is 0. The average molecular weight is 202 g/mol. The molecular formula is C13H14O2. The van der Waals surface area contributed by atoms with E-state index in [1.807, 2.05) is 18.2 Å². The summed E-state index contributed by atoms with van der Waals surface area (Å²) in [5.41, 5.74) is 1.43. The summed E-state index contributed by atoms with van der Waals surface area (Å²) in [6, 6.07) is 7.30. The lowest BCUT2D eigenvalue weighted by molar-refractivity contribution is 0.101. The van der Waals surface area contributed by atoms with Crippen molar-refractivity contribution in [3.8, 4) is 11.8 Å². The Bertz CT molecular complexity index is 396. The lowest BCUT2D eigenvalue weighted by atomic mass is 10.0. The van der Waals surface area contributed by atoms with Crippen molar-refractivity contribution in [3.05, 3.63) is 35.4 Å². The van der Waals surface area contributed by atoms with Gasteiger partial charge in [-0.25, -0.2) is 0 Å². The molecule has 1 N–H and O–H groups in total. The van der Waals surface area contributed by atoms with Crippen molar-refractivity contribution in [1.82, 2.24) is 0 Å². The maximum absolute atomic E-state index is 11.2. The third-order valence-electron chi connectivity index (χ3n) is 1.99. The second kappa shape index (κ2) is 6.00. The Morgan fingerprint density at radius 3 is 2.80 bits per heavy atom. The Hall–Kier alpha value is -1.59. The molecule has 2 heteroatoms.